The molecular formula is C22H15FN4O4. The maximum atomic E-state index is 13.4. The number of hydrogen-bond acceptors (Lipinski definition) is 6. The molecule has 3 aromatic heterocycles. The Balaban J connectivity index is 1.43. The molecule has 0 atom stereocenters. The van der Waals surface area contributed by atoms with Gasteiger partial charge in [0, 0.05) is 17.0 Å². The van der Waals surface area contributed by atoms with Gasteiger partial charge >= 0.3 is 5.63 Å². The molecule has 5 aromatic rings. The van der Waals surface area contributed by atoms with Crippen LogP contribution in [0.15, 0.2) is 68.5 Å². The highest BCUT2D eigenvalue weighted by atomic mass is 19.1. The van der Waals surface area contributed by atoms with Crippen LogP contribution in [0.5, 0.6) is 0 Å². The summed E-state index contributed by atoms with van der Waals surface area (Å²) in [5, 5.41) is 11.6. The van der Waals surface area contributed by atoms with Crippen molar-refractivity contribution in [3.8, 4) is 11.3 Å². The number of nitrogens with one attached hydrogen (secondary N) is 1. The molecule has 8 nitrogen and oxygen atoms in total. The van der Waals surface area contributed by atoms with Crippen molar-refractivity contribution in [2.24, 2.45) is 0 Å². The normalized spacial score (nSPS) is 11.3. The van der Waals surface area contributed by atoms with E-state index < -0.39 is 17.3 Å². The van der Waals surface area contributed by atoms with Gasteiger partial charge in [-0.3, -0.25) is 14.8 Å². The average Bonchev–Trinajstić information content (AvgIpc) is 3.37. The third kappa shape index (κ3) is 3.46. The number of aryl methyl sites for hydroxylation is 1. The molecule has 0 saturated heterocycles. The standard InChI is InChI=1S/C22H15FN4O4/c1-12-5-6-18-15(7-12)21-16(22(29)30-18)10-24-27(21)11-19(28)25-20-9-17(26-31-20)13-3-2-4-14(23)8-13/h2-10H,11H2,1H3,(H,25,28). The third-order valence-electron chi connectivity index (χ3n) is 4.84. The number of hydrogen-bond donors (Lipinski definition) is 1. The SMILES string of the molecule is Cc1ccc2oc(=O)c3cnn(CC(=O)Nc4cc(-c5cccc(F)c5)no4)c3c2c1. The van der Waals surface area contributed by atoms with Crippen LogP contribution in [0.25, 0.3) is 33.1 Å². The molecule has 0 saturated carbocycles. The number of nitrogens with zero attached hydrogens (tertiary/aromatic N) is 3. The molecule has 9 heteroatoms. The number of carbonyl (C=O) groups is 1. The summed E-state index contributed by atoms with van der Waals surface area (Å²) in [6.45, 7) is 1.76. The lowest BCUT2D eigenvalue weighted by atomic mass is 10.1. The predicted octanol–water partition coefficient (Wildman–Crippen LogP) is 3.88. The van der Waals surface area contributed by atoms with Gasteiger partial charge in [-0.1, -0.05) is 28.9 Å². The minimum atomic E-state index is -0.520. The number of amides is 1. The fourth-order valence-electron chi connectivity index (χ4n) is 3.44. The lowest BCUT2D eigenvalue weighted by Gasteiger charge is -2.06. The summed E-state index contributed by atoms with van der Waals surface area (Å²) in [7, 11) is 0. The zero-order valence-electron chi connectivity index (χ0n) is 16.3. The fourth-order valence-corrected chi connectivity index (χ4v) is 3.44. The summed E-state index contributed by atoms with van der Waals surface area (Å²) >= 11 is 0. The summed E-state index contributed by atoms with van der Waals surface area (Å²) in [6.07, 6.45) is 1.38. The van der Waals surface area contributed by atoms with E-state index in [-0.39, 0.29) is 12.4 Å². The molecule has 3 heterocycles. The highest BCUT2D eigenvalue weighted by molar-refractivity contribution is 6.03. The molecule has 154 valence electrons. The van der Waals surface area contributed by atoms with Gasteiger partial charge in [-0.05, 0) is 31.2 Å². The maximum Gasteiger partial charge on any atom is 0.347 e. The summed E-state index contributed by atoms with van der Waals surface area (Å²) in [5.74, 6) is -0.717. The number of rotatable bonds is 4. The number of fused-ring (bicyclic) bond motifs is 3. The van der Waals surface area contributed by atoms with Crippen molar-refractivity contribution >= 4 is 33.7 Å². The quantitative estimate of drug-likeness (QED) is 0.444. The Kier molecular flexibility index (Phi) is 4.36. The molecule has 0 radical (unpaired) electrons. The van der Waals surface area contributed by atoms with E-state index in [1.54, 1.807) is 18.2 Å². The van der Waals surface area contributed by atoms with Crippen molar-refractivity contribution in [2.45, 2.75) is 13.5 Å². The van der Waals surface area contributed by atoms with Crippen LogP contribution in [0.2, 0.25) is 0 Å². The Morgan fingerprint density at radius 1 is 1.16 bits per heavy atom. The Morgan fingerprint density at radius 3 is 2.87 bits per heavy atom. The molecule has 5 rings (SSSR count). The second kappa shape index (κ2) is 7.21. The Morgan fingerprint density at radius 2 is 2.03 bits per heavy atom. The highest BCUT2D eigenvalue weighted by Gasteiger charge is 2.16. The van der Waals surface area contributed by atoms with Gasteiger partial charge in [0.1, 0.15) is 29.0 Å². The summed E-state index contributed by atoms with van der Waals surface area (Å²) < 4.78 is 25.3. The third-order valence-corrected chi connectivity index (χ3v) is 4.84. The summed E-state index contributed by atoms with van der Waals surface area (Å²) in [5.41, 5.74) is 2.30. The lowest BCUT2D eigenvalue weighted by molar-refractivity contribution is -0.117. The van der Waals surface area contributed by atoms with Gasteiger partial charge in [-0.15, -0.1) is 0 Å². The molecular weight excluding hydrogens is 403 g/mol. The molecule has 0 fully saturated rings. The van der Waals surface area contributed by atoms with Crippen molar-refractivity contribution in [1.82, 2.24) is 14.9 Å². The van der Waals surface area contributed by atoms with Crippen LogP contribution in [-0.4, -0.2) is 20.8 Å². The van der Waals surface area contributed by atoms with E-state index in [2.05, 4.69) is 15.6 Å². The first-order valence-corrected chi connectivity index (χ1v) is 9.39. The van der Waals surface area contributed by atoms with Crippen molar-refractivity contribution in [3.63, 3.8) is 0 Å². The van der Waals surface area contributed by atoms with E-state index in [4.69, 9.17) is 8.94 Å². The smallest absolute Gasteiger partial charge is 0.347 e. The van der Waals surface area contributed by atoms with Gasteiger partial charge in [0.15, 0.2) is 0 Å². The van der Waals surface area contributed by atoms with Gasteiger partial charge in [0.25, 0.3) is 0 Å². The number of anilines is 1. The van der Waals surface area contributed by atoms with Crippen LogP contribution < -0.4 is 10.9 Å². The van der Waals surface area contributed by atoms with E-state index in [1.807, 2.05) is 19.1 Å². The Labute approximate surface area is 173 Å². The van der Waals surface area contributed by atoms with E-state index in [0.717, 1.165) is 5.56 Å². The van der Waals surface area contributed by atoms with Gasteiger partial charge < -0.3 is 8.94 Å². The average molecular weight is 418 g/mol. The molecule has 2 aromatic carbocycles. The second-order valence-corrected chi connectivity index (χ2v) is 7.09. The van der Waals surface area contributed by atoms with Gasteiger partial charge in [-0.2, -0.15) is 5.10 Å². The van der Waals surface area contributed by atoms with E-state index >= 15 is 0 Å². The zero-order valence-corrected chi connectivity index (χ0v) is 16.3. The van der Waals surface area contributed by atoms with Crippen LogP contribution in [0.3, 0.4) is 0 Å². The van der Waals surface area contributed by atoms with Gasteiger partial charge in [0.2, 0.25) is 11.8 Å². The van der Waals surface area contributed by atoms with Crippen LogP contribution in [0.4, 0.5) is 10.3 Å². The van der Waals surface area contributed by atoms with Crippen molar-refractivity contribution < 1.29 is 18.1 Å². The topological polar surface area (TPSA) is 103 Å². The first-order chi connectivity index (χ1) is 15.0. The molecule has 31 heavy (non-hydrogen) atoms. The Bertz CT molecular complexity index is 1520. The van der Waals surface area contributed by atoms with Crippen LogP contribution >= 0.6 is 0 Å². The van der Waals surface area contributed by atoms with Crippen molar-refractivity contribution in [1.29, 1.82) is 0 Å². The monoisotopic (exact) mass is 418 g/mol. The summed E-state index contributed by atoms with van der Waals surface area (Å²) in [4.78, 5) is 24.8. The van der Waals surface area contributed by atoms with E-state index in [9.17, 15) is 14.0 Å². The molecule has 0 bridgehead atoms. The van der Waals surface area contributed by atoms with E-state index in [0.29, 0.717) is 33.1 Å². The number of halogens is 1. The highest BCUT2D eigenvalue weighted by Crippen LogP contribution is 2.25. The largest absolute Gasteiger partial charge is 0.422 e. The zero-order chi connectivity index (χ0) is 21.5. The van der Waals surface area contributed by atoms with E-state index in [1.165, 1.54) is 29.1 Å². The molecule has 0 aliphatic carbocycles. The molecule has 0 aliphatic heterocycles. The molecule has 1 N–H and O–H groups in total. The fraction of sp³-hybridized carbons (Fsp3) is 0.0909. The predicted molar refractivity (Wildman–Crippen MR) is 111 cm³/mol. The minimum Gasteiger partial charge on any atom is -0.422 e. The van der Waals surface area contributed by atoms with Crippen LogP contribution in [0, 0.1) is 12.7 Å². The van der Waals surface area contributed by atoms with Gasteiger partial charge in [-0.25, -0.2) is 9.18 Å². The molecule has 1 amide bonds. The number of benzene rings is 2. The second-order valence-electron chi connectivity index (χ2n) is 7.09. The first-order valence-electron chi connectivity index (χ1n) is 9.39. The molecule has 0 unspecified atom stereocenters. The van der Waals surface area contributed by atoms with Crippen molar-refractivity contribution in [3.05, 3.63) is 76.5 Å². The Hall–Kier alpha value is -4.27. The van der Waals surface area contributed by atoms with Crippen LogP contribution in [-0.2, 0) is 11.3 Å². The lowest BCUT2D eigenvalue weighted by Crippen LogP contribution is -2.19. The van der Waals surface area contributed by atoms with Crippen molar-refractivity contribution in [2.75, 3.05) is 5.32 Å². The minimum absolute atomic E-state index is 0.112. The molecule has 0 spiro atoms. The molecule has 0 aliphatic rings. The number of aromatic nitrogens is 3. The van der Waals surface area contributed by atoms with Crippen LogP contribution in [0.1, 0.15) is 5.56 Å². The van der Waals surface area contributed by atoms with Gasteiger partial charge in [0.05, 0.1) is 11.7 Å². The maximum absolute atomic E-state index is 13.4. The summed E-state index contributed by atoms with van der Waals surface area (Å²) in [6, 6.07) is 12.8. The first kappa shape index (κ1) is 18.7. The number of carbonyl (C=O) groups excluding carboxylic acids is 1.